The number of nitrogens with zero attached hydrogens (tertiary/aromatic N) is 3. The molecule has 8 heteroatoms. The summed E-state index contributed by atoms with van der Waals surface area (Å²) in [7, 11) is 1.99. The summed E-state index contributed by atoms with van der Waals surface area (Å²) in [6.45, 7) is 5.56. The van der Waals surface area contributed by atoms with E-state index in [1.165, 1.54) is 12.1 Å². The highest BCUT2D eigenvalue weighted by molar-refractivity contribution is 5.89. The van der Waals surface area contributed by atoms with Gasteiger partial charge in [-0.2, -0.15) is 0 Å². The molecule has 0 unspecified atom stereocenters. The van der Waals surface area contributed by atoms with E-state index in [0.29, 0.717) is 17.4 Å². The Hall–Kier alpha value is -3.52. The molecule has 1 N–H and O–H groups in total. The van der Waals surface area contributed by atoms with Crippen LogP contribution in [0.25, 0.3) is 0 Å². The fraction of sp³-hybridized carbons (Fsp3) is 0.357. The lowest BCUT2D eigenvalue weighted by Gasteiger charge is -2.33. The number of rotatable bonds is 9. The number of likely N-dealkylation sites (tertiary alicyclic amines) is 1. The maximum absolute atomic E-state index is 13.9. The van der Waals surface area contributed by atoms with Crippen LogP contribution in [0.4, 0.5) is 14.5 Å². The van der Waals surface area contributed by atoms with Crippen molar-refractivity contribution in [1.82, 2.24) is 9.88 Å². The molecular formula is C28H31F2N3O3. The van der Waals surface area contributed by atoms with Gasteiger partial charge >= 0.3 is 5.97 Å². The monoisotopic (exact) mass is 495 g/mol. The van der Waals surface area contributed by atoms with Crippen molar-refractivity contribution >= 4 is 11.7 Å². The van der Waals surface area contributed by atoms with Crippen molar-refractivity contribution in [3.63, 3.8) is 0 Å². The zero-order valence-corrected chi connectivity index (χ0v) is 20.6. The number of carbonyl (C=O) groups is 1. The lowest BCUT2D eigenvalue weighted by Crippen LogP contribution is -2.38. The van der Waals surface area contributed by atoms with Crippen LogP contribution in [0.2, 0.25) is 0 Å². The number of hydrogen-bond acceptors (Lipinski definition) is 5. The Morgan fingerprint density at radius 2 is 1.92 bits per heavy atom. The number of likely N-dealkylation sites (N-methyl/N-ethyl adjacent to an activating group) is 1. The van der Waals surface area contributed by atoms with Crippen molar-refractivity contribution in [2.75, 3.05) is 38.1 Å². The second-order valence-corrected chi connectivity index (χ2v) is 9.27. The molecule has 190 valence electrons. The summed E-state index contributed by atoms with van der Waals surface area (Å²) in [5.41, 5.74) is 3.53. The van der Waals surface area contributed by atoms with Gasteiger partial charge in [-0.05, 0) is 68.8 Å². The molecule has 1 aliphatic heterocycles. The van der Waals surface area contributed by atoms with Gasteiger partial charge < -0.3 is 19.6 Å². The summed E-state index contributed by atoms with van der Waals surface area (Å²) in [6.07, 6.45) is 1.95. The van der Waals surface area contributed by atoms with Crippen molar-refractivity contribution < 1.29 is 23.4 Å². The van der Waals surface area contributed by atoms with Gasteiger partial charge in [-0.15, -0.1) is 0 Å². The topological polar surface area (TPSA) is 65.9 Å². The van der Waals surface area contributed by atoms with Crippen LogP contribution in [-0.2, 0) is 6.61 Å². The Kier molecular flexibility index (Phi) is 8.15. The number of carboxylic acids is 1. The van der Waals surface area contributed by atoms with Crippen LogP contribution in [0.15, 0.2) is 54.6 Å². The smallest absolute Gasteiger partial charge is 0.335 e. The Morgan fingerprint density at radius 3 is 2.64 bits per heavy atom. The molecule has 4 rings (SSSR count). The normalized spacial score (nSPS) is 14.6. The number of aryl methyl sites for hydroxylation is 1. The maximum atomic E-state index is 13.9. The van der Waals surface area contributed by atoms with Crippen LogP contribution >= 0.6 is 0 Å². The van der Waals surface area contributed by atoms with Gasteiger partial charge in [0.2, 0.25) is 5.88 Å². The number of aromatic carboxylic acids is 1. The van der Waals surface area contributed by atoms with E-state index in [1.807, 2.05) is 32.2 Å². The largest absolute Gasteiger partial charge is 0.478 e. The van der Waals surface area contributed by atoms with Crippen LogP contribution in [0.3, 0.4) is 0 Å². The first kappa shape index (κ1) is 25.6. The molecule has 0 atom stereocenters. The van der Waals surface area contributed by atoms with E-state index in [2.05, 4.69) is 14.8 Å². The summed E-state index contributed by atoms with van der Waals surface area (Å²) in [6, 6.07) is 14.3. The molecule has 0 bridgehead atoms. The molecule has 2 aromatic carbocycles. The quantitative estimate of drug-likeness (QED) is 0.437. The summed E-state index contributed by atoms with van der Waals surface area (Å²) < 4.78 is 32.6. The van der Waals surface area contributed by atoms with Crippen LogP contribution < -0.4 is 9.64 Å². The summed E-state index contributed by atoms with van der Waals surface area (Å²) in [5.74, 6) is -1.41. The van der Waals surface area contributed by atoms with Crippen molar-refractivity contribution in [3.05, 3.63) is 88.6 Å². The van der Waals surface area contributed by atoms with Crippen molar-refractivity contribution in [2.24, 2.45) is 0 Å². The van der Waals surface area contributed by atoms with E-state index >= 15 is 0 Å². The first-order chi connectivity index (χ1) is 17.3. The summed E-state index contributed by atoms with van der Waals surface area (Å²) in [5, 5.41) is 9.29. The lowest BCUT2D eigenvalue weighted by molar-refractivity contribution is 0.0697. The van der Waals surface area contributed by atoms with E-state index in [-0.39, 0.29) is 12.2 Å². The standard InChI is InChI=1S/C28H31F2N3O3/c1-19-6-7-21(28(34)35)16-26(19)32(2)14-15-33-12-10-20(11-13-33)25-4-3-5-27(31-25)36-18-22-8-9-23(29)17-24(22)30/h3-9,16-17,20H,10-15,18H2,1-2H3,(H,34,35). The third kappa shape index (κ3) is 6.37. The van der Waals surface area contributed by atoms with Gasteiger partial charge in [0.15, 0.2) is 0 Å². The highest BCUT2D eigenvalue weighted by Crippen LogP contribution is 2.28. The molecule has 36 heavy (non-hydrogen) atoms. The average molecular weight is 496 g/mol. The highest BCUT2D eigenvalue weighted by atomic mass is 19.1. The number of carboxylic acid groups (broad SMARTS) is 1. The van der Waals surface area contributed by atoms with Crippen LogP contribution in [0, 0.1) is 18.6 Å². The molecule has 0 spiro atoms. The molecular weight excluding hydrogens is 464 g/mol. The van der Waals surface area contributed by atoms with Gasteiger partial charge in [-0.3, -0.25) is 0 Å². The van der Waals surface area contributed by atoms with E-state index in [9.17, 15) is 18.7 Å². The fourth-order valence-electron chi connectivity index (χ4n) is 4.55. The number of pyridine rings is 1. The maximum Gasteiger partial charge on any atom is 0.335 e. The average Bonchev–Trinajstić information content (AvgIpc) is 2.87. The Balaban J connectivity index is 1.28. The summed E-state index contributed by atoms with van der Waals surface area (Å²) >= 11 is 0. The lowest BCUT2D eigenvalue weighted by atomic mass is 9.93. The third-order valence-electron chi connectivity index (χ3n) is 6.76. The van der Waals surface area contributed by atoms with Gasteiger partial charge in [0.25, 0.3) is 0 Å². The molecule has 0 saturated carbocycles. The van der Waals surface area contributed by atoms with Crippen molar-refractivity contribution in [2.45, 2.75) is 32.3 Å². The number of piperidine rings is 1. The first-order valence-electron chi connectivity index (χ1n) is 12.1. The third-order valence-corrected chi connectivity index (χ3v) is 6.76. The van der Waals surface area contributed by atoms with E-state index in [0.717, 1.165) is 62.0 Å². The van der Waals surface area contributed by atoms with Gasteiger partial charge in [0.1, 0.15) is 18.2 Å². The SMILES string of the molecule is Cc1ccc(C(=O)O)cc1N(C)CCN1CCC(c2cccc(OCc3ccc(F)cc3F)n2)CC1. The van der Waals surface area contributed by atoms with Crippen LogP contribution in [0.5, 0.6) is 5.88 Å². The Morgan fingerprint density at radius 1 is 1.14 bits per heavy atom. The molecule has 1 aliphatic rings. The molecule has 3 aromatic rings. The van der Waals surface area contributed by atoms with Gasteiger partial charge in [0, 0.05) is 55.1 Å². The Labute approximate surface area is 210 Å². The van der Waals surface area contributed by atoms with E-state index < -0.39 is 17.6 Å². The second kappa shape index (κ2) is 11.5. The van der Waals surface area contributed by atoms with Crippen LogP contribution in [0.1, 0.15) is 45.9 Å². The minimum Gasteiger partial charge on any atom is -0.478 e. The molecule has 2 heterocycles. The molecule has 6 nitrogen and oxygen atoms in total. The number of ether oxygens (including phenoxy) is 1. The molecule has 1 saturated heterocycles. The molecule has 1 fully saturated rings. The van der Waals surface area contributed by atoms with Crippen LogP contribution in [-0.4, -0.2) is 54.2 Å². The fourth-order valence-corrected chi connectivity index (χ4v) is 4.55. The minimum atomic E-state index is -0.919. The predicted octanol–water partition coefficient (Wildman–Crippen LogP) is 5.26. The highest BCUT2D eigenvalue weighted by Gasteiger charge is 2.22. The first-order valence-corrected chi connectivity index (χ1v) is 12.1. The van der Waals surface area contributed by atoms with Crippen molar-refractivity contribution in [3.8, 4) is 5.88 Å². The number of hydrogen-bond donors (Lipinski definition) is 1. The Bertz CT molecular complexity index is 1210. The minimum absolute atomic E-state index is 0.0105. The van der Waals surface area contributed by atoms with E-state index in [1.54, 1.807) is 18.2 Å². The zero-order chi connectivity index (χ0) is 25.7. The number of benzene rings is 2. The predicted molar refractivity (Wildman–Crippen MR) is 135 cm³/mol. The molecule has 1 aromatic heterocycles. The van der Waals surface area contributed by atoms with Gasteiger partial charge in [-0.1, -0.05) is 12.1 Å². The molecule has 0 amide bonds. The molecule has 0 aliphatic carbocycles. The summed E-state index contributed by atoms with van der Waals surface area (Å²) in [4.78, 5) is 20.5. The zero-order valence-electron chi connectivity index (χ0n) is 20.6. The number of aromatic nitrogens is 1. The molecule has 0 radical (unpaired) electrons. The number of anilines is 1. The van der Waals surface area contributed by atoms with Gasteiger partial charge in [0.05, 0.1) is 5.56 Å². The second-order valence-electron chi connectivity index (χ2n) is 9.27. The van der Waals surface area contributed by atoms with Crippen molar-refractivity contribution in [1.29, 1.82) is 0 Å². The van der Waals surface area contributed by atoms with E-state index in [4.69, 9.17) is 4.74 Å². The van der Waals surface area contributed by atoms with Gasteiger partial charge in [-0.25, -0.2) is 18.6 Å². The number of halogens is 2.